The molecule has 1 aliphatic rings. The average molecular weight is 352 g/mol. The maximum atomic E-state index is 10.2. The van der Waals surface area contributed by atoms with Crippen molar-refractivity contribution < 1.29 is 9.90 Å². The second-order valence-corrected chi connectivity index (χ2v) is 6.17. The quantitative estimate of drug-likeness (QED) is 0.617. The predicted octanol–water partition coefficient (Wildman–Crippen LogP) is 6.98. The van der Waals surface area contributed by atoms with E-state index in [1.165, 1.54) is 49.7 Å². The Balaban J connectivity index is 0. The second kappa shape index (κ2) is 18.8. The molecule has 1 saturated carbocycles. The van der Waals surface area contributed by atoms with Crippen molar-refractivity contribution in [1.82, 2.24) is 5.32 Å². The number of nitrogens with one attached hydrogen (secondary N) is 1. The number of hydrogen-bond donors (Lipinski definition) is 2. The van der Waals surface area contributed by atoms with Crippen LogP contribution >= 0.6 is 0 Å². The molecule has 1 aromatic rings. The maximum absolute atomic E-state index is 10.2. The van der Waals surface area contributed by atoms with Gasteiger partial charge >= 0.3 is 6.09 Å². The molecule has 2 N–H and O–H groups in total. The molecule has 25 heavy (non-hydrogen) atoms. The summed E-state index contributed by atoms with van der Waals surface area (Å²) in [6, 6.07) is 8.81. The topological polar surface area (TPSA) is 49.3 Å². The summed E-state index contributed by atoms with van der Waals surface area (Å²) in [6.45, 7) is 12.6. The summed E-state index contributed by atoms with van der Waals surface area (Å²) in [6.07, 6.45) is 8.47. The lowest BCUT2D eigenvalue weighted by molar-refractivity contribution is 0.186. The summed E-state index contributed by atoms with van der Waals surface area (Å²) < 4.78 is 0. The molecule has 146 valence electrons. The summed E-state index contributed by atoms with van der Waals surface area (Å²) in [7, 11) is 0. The number of carbonyl (C=O) groups is 1. The van der Waals surface area contributed by atoms with E-state index >= 15 is 0 Å². The first kappa shape index (κ1) is 25.7. The standard InChI is InChI=1S/C10H14.C7H13NO2.C3H8.C2H6/c1-3-6-10-8-5-4-7-9(10)2;9-7(10)8-6-4-2-1-3-5-6;1-3-2;1-2/h4-5,7-8H,3,6H2,1-2H3;6,8H,1-5H2,(H,9,10);3H2,1-2H3;1-2H3. The highest BCUT2D eigenvalue weighted by Crippen LogP contribution is 2.16. The van der Waals surface area contributed by atoms with Gasteiger partial charge in [0.2, 0.25) is 0 Å². The van der Waals surface area contributed by atoms with Crippen LogP contribution in [-0.4, -0.2) is 17.2 Å². The van der Waals surface area contributed by atoms with Gasteiger partial charge < -0.3 is 10.4 Å². The van der Waals surface area contributed by atoms with Crippen molar-refractivity contribution in [1.29, 1.82) is 0 Å². The van der Waals surface area contributed by atoms with E-state index < -0.39 is 6.09 Å². The van der Waals surface area contributed by atoms with Crippen LogP contribution in [0, 0.1) is 6.92 Å². The molecular weight excluding hydrogens is 310 g/mol. The maximum Gasteiger partial charge on any atom is 0.404 e. The van der Waals surface area contributed by atoms with Crippen LogP contribution in [0.1, 0.15) is 90.7 Å². The van der Waals surface area contributed by atoms with Crippen molar-refractivity contribution in [3.8, 4) is 0 Å². The van der Waals surface area contributed by atoms with Crippen molar-refractivity contribution in [2.75, 3.05) is 0 Å². The lowest BCUT2D eigenvalue weighted by atomic mass is 9.96. The lowest BCUT2D eigenvalue weighted by Crippen LogP contribution is -2.34. The Morgan fingerprint density at radius 2 is 1.60 bits per heavy atom. The number of aryl methyl sites for hydroxylation is 2. The molecule has 0 bridgehead atoms. The molecule has 1 aromatic carbocycles. The van der Waals surface area contributed by atoms with E-state index in [1.54, 1.807) is 0 Å². The Morgan fingerprint density at radius 3 is 2.04 bits per heavy atom. The molecule has 0 atom stereocenters. The zero-order valence-corrected chi connectivity index (χ0v) is 17.4. The normalized spacial score (nSPS) is 13.0. The van der Waals surface area contributed by atoms with E-state index in [4.69, 9.17) is 5.11 Å². The van der Waals surface area contributed by atoms with Crippen molar-refractivity contribution in [2.45, 2.75) is 99.0 Å². The highest BCUT2D eigenvalue weighted by atomic mass is 16.4. The number of hydrogen-bond acceptors (Lipinski definition) is 1. The SMILES string of the molecule is CC.CCC.CCCc1ccccc1C.O=C(O)NC1CCCCC1. The van der Waals surface area contributed by atoms with E-state index in [-0.39, 0.29) is 6.04 Å². The van der Waals surface area contributed by atoms with Crippen molar-refractivity contribution >= 4 is 6.09 Å². The van der Waals surface area contributed by atoms with Gasteiger partial charge in [0.05, 0.1) is 0 Å². The van der Waals surface area contributed by atoms with Crippen molar-refractivity contribution in [2.24, 2.45) is 0 Å². The Bertz CT molecular complexity index is 412. The largest absolute Gasteiger partial charge is 0.465 e. The fourth-order valence-corrected chi connectivity index (χ4v) is 2.58. The Hall–Kier alpha value is -1.51. The molecule has 2 rings (SSSR count). The first-order valence-corrected chi connectivity index (χ1v) is 10.1. The molecule has 0 aromatic heterocycles. The van der Waals surface area contributed by atoms with Crippen molar-refractivity contribution in [3.05, 3.63) is 35.4 Å². The van der Waals surface area contributed by atoms with Crippen LogP contribution in [-0.2, 0) is 6.42 Å². The van der Waals surface area contributed by atoms with Gasteiger partial charge in [-0.2, -0.15) is 0 Å². The van der Waals surface area contributed by atoms with Crippen LogP contribution in [0.4, 0.5) is 4.79 Å². The summed E-state index contributed by atoms with van der Waals surface area (Å²) in [4.78, 5) is 10.2. The minimum absolute atomic E-state index is 0.228. The summed E-state index contributed by atoms with van der Waals surface area (Å²) in [5, 5.41) is 10.9. The first-order chi connectivity index (χ1) is 12.0. The average Bonchev–Trinajstić information content (AvgIpc) is 2.61. The molecule has 3 nitrogen and oxygen atoms in total. The molecule has 0 radical (unpaired) electrons. The van der Waals surface area contributed by atoms with Crippen LogP contribution < -0.4 is 5.32 Å². The fraction of sp³-hybridized carbons (Fsp3) is 0.682. The van der Waals surface area contributed by atoms with Gasteiger partial charge in [-0.15, -0.1) is 0 Å². The summed E-state index contributed by atoms with van der Waals surface area (Å²) >= 11 is 0. The third-order valence-electron chi connectivity index (χ3n) is 3.71. The minimum atomic E-state index is -0.882. The van der Waals surface area contributed by atoms with Gasteiger partial charge in [0.1, 0.15) is 0 Å². The monoisotopic (exact) mass is 351 g/mol. The van der Waals surface area contributed by atoms with Gasteiger partial charge in [0.15, 0.2) is 0 Å². The first-order valence-electron chi connectivity index (χ1n) is 10.1. The minimum Gasteiger partial charge on any atom is -0.465 e. The molecule has 3 heteroatoms. The smallest absolute Gasteiger partial charge is 0.404 e. The zero-order chi connectivity index (χ0) is 19.5. The van der Waals surface area contributed by atoms with Gasteiger partial charge in [0.25, 0.3) is 0 Å². The highest BCUT2D eigenvalue weighted by Gasteiger charge is 2.14. The van der Waals surface area contributed by atoms with Gasteiger partial charge in [0, 0.05) is 6.04 Å². The third-order valence-corrected chi connectivity index (χ3v) is 3.71. The molecule has 0 aliphatic heterocycles. The fourth-order valence-electron chi connectivity index (χ4n) is 2.58. The molecular formula is C22H41NO2. The van der Waals surface area contributed by atoms with Gasteiger partial charge in [-0.1, -0.05) is 91.0 Å². The number of amides is 1. The third kappa shape index (κ3) is 15.7. The van der Waals surface area contributed by atoms with Gasteiger partial charge in [-0.3, -0.25) is 0 Å². The van der Waals surface area contributed by atoms with Crippen LogP contribution in [0.3, 0.4) is 0 Å². The van der Waals surface area contributed by atoms with E-state index in [0.29, 0.717) is 0 Å². The number of rotatable bonds is 3. The van der Waals surface area contributed by atoms with Crippen LogP contribution in [0.25, 0.3) is 0 Å². The number of benzene rings is 1. The molecule has 1 fully saturated rings. The van der Waals surface area contributed by atoms with Crippen molar-refractivity contribution in [3.63, 3.8) is 0 Å². The predicted molar refractivity (Wildman–Crippen MR) is 111 cm³/mol. The molecule has 0 unspecified atom stereocenters. The summed E-state index contributed by atoms with van der Waals surface area (Å²) in [5.41, 5.74) is 2.91. The van der Waals surface area contributed by atoms with E-state index in [1.807, 2.05) is 13.8 Å². The Labute approximate surface area is 156 Å². The van der Waals surface area contributed by atoms with E-state index in [0.717, 1.165) is 12.8 Å². The Morgan fingerprint density at radius 1 is 1.08 bits per heavy atom. The van der Waals surface area contributed by atoms with Gasteiger partial charge in [-0.25, -0.2) is 4.79 Å². The van der Waals surface area contributed by atoms with Crippen LogP contribution in [0.15, 0.2) is 24.3 Å². The van der Waals surface area contributed by atoms with Crippen LogP contribution in [0.5, 0.6) is 0 Å². The number of carboxylic acid groups (broad SMARTS) is 1. The molecule has 0 saturated heterocycles. The molecule has 1 aliphatic carbocycles. The molecule has 0 spiro atoms. The van der Waals surface area contributed by atoms with Gasteiger partial charge in [-0.05, 0) is 37.3 Å². The second-order valence-electron chi connectivity index (χ2n) is 6.17. The Kier molecular flexibility index (Phi) is 19.4. The van der Waals surface area contributed by atoms with E-state index in [9.17, 15) is 4.79 Å². The highest BCUT2D eigenvalue weighted by molar-refractivity contribution is 5.64. The van der Waals surface area contributed by atoms with Crippen LogP contribution in [0.2, 0.25) is 0 Å². The van der Waals surface area contributed by atoms with E-state index in [2.05, 4.69) is 57.3 Å². The summed E-state index contributed by atoms with van der Waals surface area (Å²) in [5.74, 6) is 0. The lowest BCUT2D eigenvalue weighted by Gasteiger charge is -2.20. The molecule has 1 amide bonds. The zero-order valence-electron chi connectivity index (χ0n) is 17.4. The molecule has 0 heterocycles.